The topological polar surface area (TPSA) is 148 Å². The van der Waals surface area contributed by atoms with Gasteiger partial charge in [0.1, 0.15) is 6.61 Å². The molecule has 0 saturated heterocycles. The highest BCUT2D eigenvalue weighted by atomic mass is 32.2. The quantitative estimate of drug-likeness (QED) is 0.388. The van der Waals surface area contributed by atoms with Crippen LogP contribution in [0.4, 0.5) is 4.79 Å². The van der Waals surface area contributed by atoms with Crippen molar-refractivity contribution in [3.8, 4) is 0 Å². The lowest BCUT2D eigenvalue weighted by molar-refractivity contribution is -0.123. The molecule has 0 radical (unpaired) electrons. The van der Waals surface area contributed by atoms with Crippen LogP contribution in [0, 0.1) is 0 Å². The number of carbonyl (C=O) groups is 2. The summed E-state index contributed by atoms with van der Waals surface area (Å²) < 4.78 is 35.6. The van der Waals surface area contributed by atoms with Crippen LogP contribution in [0.1, 0.15) is 12.5 Å². The second kappa shape index (κ2) is 7.90. The molecule has 9 nitrogen and oxygen atoms in total. The second-order valence-corrected chi connectivity index (χ2v) is 6.62. The predicted molar refractivity (Wildman–Crippen MR) is 81.8 cm³/mol. The molecule has 2 amide bonds. The van der Waals surface area contributed by atoms with Crippen LogP contribution in [0.25, 0.3) is 0 Å². The number of hydrogen-bond acceptors (Lipinski definition) is 6. The van der Waals surface area contributed by atoms with Crippen molar-refractivity contribution in [2.45, 2.75) is 18.4 Å². The van der Waals surface area contributed by atoms with Gasteiger partial charge in [-0.2, -0.15) is 8.42 Å². The number of hydrogen-bond donors (Lipinski definition) is 4. The smallest absolute Gasteiger partial charge is 0.407 e. The molecule has 128 valence electrons. The van der Waals surface area contributed by atoms with E-state index in [0.717, 1.165) is 12.5 Å². The molecule has 0 aliphatic rings. The highest BCUT2D eigenvalue weighted by Gasteiger charge is 2.41. The van der Waals surface area contributed by atoms with E-state index in [-0.39, 0.29) is 19.7 Å². The van der Waals surface area contributed by atoms with Crippen molar-refractivity contribution >= 4 is 22.1 Å². The fraction of sp³-hybridized carbons (Fsp3) is 0.385. The Bertz CT molecular complexity index is 645. The minimum absolute atomic E-state index is 0.000912. The van der Waals surface area contributed by atoms with Crippen molar-refractivity contribution in [2.75, 3.05) is 13.1 Å². The molecule has 0 unspecified atom stereocenters. The molecule has 10 heteroatoms. The summed E-state index contributed by atoms with van der Waals surface area (Å²) in [6.45, 7) is 0.879. The molecule has 1 aromatic rings. The molecule has 0 aromatic heterocycles. The van der Waals surface area contributed by atoms with Crippen LogP contribution in [0.2, 0.25) is 0 Å². The molecule has 1 aromatic carbocycles. The number of rotatable bonds is 7. The van der Waals surface area contributed by atoms with Gasteiger partial charge in [0.15, 0.2) is 0 Å². The highest BCUT2D eigenvalue weighted by Crippen LogP contribution is 2.07. The molecule has 0 aliphatic carbocycles. The summed E-state index contributed by atoms with van der Waals surface area (Å²) >= 11 is 0. The van der Waals surface area contributed by atoms with Crippen molar-refractivity contribution in [1.29, 1.82) is 0 Å². The third kappa shape index (κ3) is 5.85. The van der Waals surface area contributed by atoms with E-state index in [1.165, 1.54) is 0 Å². The van der Waals surface area contributed by atoms with Gasteiger partial charge in [-0.15, -0.1) is 0 Å². The average Bonchev–Trinajstić information content (AvgIpc) is 2.49. The highest BCUT2D eigenvalue weighted by molar-refractivity contribution is 7.88. The van der Waals surface area contributed by atoms with Crippen molar-refractivity contribution in [1.82, 2.24) is 10.6 Å². The molecular weight excluding hydrogens is 326 g/mol. The molecule has 5 N–H and O–H groups in total. The van der Waals surface area contributed by atoms with Crippen LogP contribution in [-0.2, 0) is 26.3 Å². The Hall–Kier alpha value is -2.17. The van der Waals surface area contributed by atoms with Crippen LogP contribution in [-0.4, -0.2) is 42.9 Å². The van der Waals surface area contributed by atoms with E-state index in [0.29, 0.717) is 0 Å². The third-order valence-electron chi connectivity index (χ3n) is 2.88. The molecule has 0 fully saturated rings. The number of alkyl carbamates (subject to hydrolysis) is 1. The Balaban J connectivity index is 2.27. The van der Waals surface area contributed by atoms with Crippen molar-refractivity contribution < 1.29 is 27.3 Å². The van der Waals surface area contributed by atoms with Gasteiger partial charge in [-0.1, -0.05) is 30.3 Å². The van der Waals surface area contributed by atoms with Gasteiger partial charge in [-0.25, -0.2) is 4.79 Å². The van der Waals surface area contributed by atoms with Gasteiger partial charge in [0, 0.05) is 13.1 Å². The summed E-state index contributed by atoms with van der Waals surface area (Å²) in [5.41, 5.74) is 6.05. The molecule has 0 aliphatic heterocycles. The molecule has 0 heterocycles. The maximum atomic E-state index is 11.5. The lowest BCUT2D eigenvalue weighted by Crippen LogP contribution is -2.57. The van der Waals surface area contributed by atoms with Crippen LogP contribution in [0.5, 0.6) is 0 Å². The number of benzene rings is 1. The second-order valence-electron chi connectivity index (χ2n) is 4.83. The Labute approximate surface area is 133 Å². The first-order valence-electron chi connectivity index (χ1n) is 6.63. The summed E-state index contributed by atoms with van der Waals surface area (Å²) in [6.07, 6.45) is -0.687. The fourth-order valence-electron chi connectivity index (χ4n) is 1.41. The van der Waals surface area contributed by atoms with Gasteiger partial charge in [-0.3, -0.25) is 9.35 Å². The first-order valence-corrected chi connectivity index (χ1v) is 8.07. The summed E-state index contributed by atoms with van der Waals surface area (Å²) in [5, 5.41) is 4.56. The fourth-order valence-corrected chi connectivity index (χ4v) is 1.71. The largest absolute Gasteiger partial charge is 0.445 e. The summed E-state index contributed by atoms with van der Waals surface area (Å²) in [6, 6.07) is 9.05. The number of nitrogens with one attached hydrogen (secondary N) is 2. The van der Waals surface area contributed by atoms with Gasteiger partial charge in [0.25, 0.3) is 16.0 Å². The Kier molecular flexibility index (Phi) is 6.49. The number of amides is 2. The van der Waals surface area contributed by atoms with E-state index in [1.54, 1.807) is 12.1 Å². The number of ether oxygens (including phenoxy) is 1. The maximum absolute atomic E-state index is 11.5. The van der Waals surface area contributed by atoms with E-state index in [4.69, 9.17) is 15.0 Å². The van der Waals surface area contributed by atoms with Crippen molar-refractivity contribution in [3.63, 3.8) is 0 Å². The van der Waals surface area contributed by atoms with E-state index in [2.05, 4.69) is 10.6 Å². The average molecular weight is 345 g/mol. The van der Waals surface area contributed by atoms with Crippen LogP contribution < -0.4 is 16.4 Å². The van der Waals surface area contributed by atoms with Crippen LogP contribution in [0.15, 0.2) is 30.3 Å². The molecule has 1 atom stereocenters. The lowest BCUT2D eigenvalue weighted by atomic mass is 10.2. The maximum Gasteiger partial charge on any atom is 0.407 e. The molecule has 0 bridgehead atoms. The van der Waals surface area contributed by atoms with E-state index >= 15 is 0 Å². The molecule has 0 spiro atoms. The van der Waals surface area contributed by atoms with Crippen molar-refractivity contribution in [3.05, 3.63) is 35.9 Å². The Morgan fingerprint density at radius 3 is 2.35 bits per heavy atom. The van der Waals surface area contributed by atoms with Crippen LogP contribution in [0.3, 0.4) is 0 Å². The van der Waals surface area contributed by atoms with Gasteiger partial charge in [0.2, 0.25) is 4.87 Å². The number of nitrogens with two attached hydrogens (primary N) is 1. The molecule has 23 heavy (non-hydrogen) atoms. The van der Waals surface area contributed by atoms with Gasteiger partial charge in [0.05, 0.1) is 0 Å². The van der Waals surface area contributed by atoms with E-state index < -0.39 is 27.0 Å². The first-order chi connectivity index (χ1) is 10.6. The number of carbonyl (C=O) groups excluding carboxylic acids is 2. The Morgan fingerprint density at radius 1 is 1.22 bits per heavy atom. The van der Waals surface area contributed by atoms with E-state index in [9.17, 15) is 18.0 Å². The van der Waals surface area contributed by atoms with Gasteiger partial charge < -0.3 is 21.1 Å². The van der Waals surface area contributed by atoms with Gasteiger partial charge >= 0.3 is 6.09 Å². The normalized spacial score (nSPS) is 13.7. The minimum Gasteiger partial charge on any atom is -0.445 e. The Morgan fingerprint density at radius 2 is 1.78 bits per heavy atom. The molecule has 1 rings (SSSR count). The SMILES string of the molecule is C[C@](N)(C(=O)NCCNC(=O)OCc1ccccc1)S(=O)(=O)O. The summed E-state index contributed by atoms with van der Waals surface area (Å²) in [7, 11) is -4.74. The van der Waals surface area contributed by atoms with Crippen molar-refractivity contribution in [2.24, 2.45) is 5.73 Å². The first kappa shape index (κ1) is 18.9. The van der Waals surface area contributed by atoms with Gasteiger partial charge in [-0.05, 0) is 12.5 Å². The van der Waals surface area contributed by atoms with E-state index in [1.807, 2.05) is 18.2 Å². The molecular formula is C13H19N3O6S. The summed E-state index contributed by atoms with van der Waals surface area (Å²) in [4.78, 5) is 20.5. The third-order valence-corrected chi connectivity index (χ3v) is 4.14. The predicted octanol–water partition coefficient (Wildman–Crippen LogP) is -0.408. The zero-order valence-corrected chi connectivity index (χ0v) is 13.3. The monoisotopic (exact) mass is 345 g/mol. The summed E-state index contributed by atoms with van der Waals surface area (Å²) in [5.74, 6) is -1.08. The minimum atomic E-state index is -4.74. The zero-order valence-electron chi connectivity index (χ0n) is 12.5. The van der Waals surface area contributed by atoms with Crippen LogP contribution >= 0.6 is 0 Å². The lowest BCUT2D eigenvalue weighted by Gasteiger charge is -2.19. The standard InChI is InChI=1S/C13H19N3O6S/c1-13(14,23(19,20)21)11(17)15-7-8-16-12(18)22-9-10-5-3-2-4-6-10/h2-6H,7-9,14H2,1H3,(H,15,17)(H,16,18)(H,19,20,21)/t13-/m1/s1. The zero-order chi connectivity index (χ0) is 17.5. The molecule has 0 saturated carbocycles.